The molecule has 106 valence electrons. The maximum atomic E-state index is 11.7. The summed E-state index contributed by atoms with van der Waals surface area (Å²) in [7, 11) is 0. The zero-order chi connectivity index (χ0) is 13.3. The summed E-state index contributed by atoms with van der Waals surface area (Å²) in [5.74, 6) is 0.231. The van der Waals surface area contributed by atoms with E-state index in [2.05, 4.69) is 12.2 Å². The number of nitrogens with two attached hydrogens (primary N) is 1. The minimum atomic E-state index is 0.231. The predicted octanol–water partition coefficient (Wildman–Crippen LogP) is 2.98. The van der Waals surface area contributed by atoms with Crippen molar-refractivity contribution < 1.29 is 4.79 Å². The van der Waals surface area contributed by atoms with Crippen LogP contribution >= 0.6 is 0 Å². The minimum Gasteiger partial charge on any atom is -0.356 e. The molecule has 0 bridgehead atoms. The van der Waals surface area contributed by atoms with Gasteiger partial charge in [0.1, 0.15) is 0 Å². The lowest BCUT2D eigenvalue weighted by Gasteiger charge is -2.33. The summed E-state index contributed by atoms with van der Waals surface area (Å²) in [6, 6.07) is 0. The van der Waals surface area contributed by atoms with Gasteiger partial charge in [0.2, 0.25) is 5.91 Å². The topological polar surface area (TPSA) is 55.1 Å². The number of nitrogens with one attached hydrogen (secondary N) is 1. The average molecular weight is 254 g/mol. The Labute approximate surface area is 112 Å². The van der Waals surface area contributed by atoms with Crippen LogP contribution in [0.5, 0.6) is 0 Å². The molecule has 1 amide bonds. The van der Waals surface area contributed by atoms with Crippen molar-refractivity contribution in [3.8, 4) is 0 Å². The second-order valence-electron chi connectivity index (χ2n) is 6.10. The number of hydrogen-bond acceptors (Lipinski definition) is 2. The summed E-state index contributed by atoms with van der Waals surface area (Å²) in [4.78, 5) is 11.7. The van der Waals surface area contributed by atoms with Crippen LogP contribution in [-0.2, 0) is 4.79 Å². The van der Waals surface area contributed by atoms with Crippen LogP contribution in [0.15, 0.2) is 0 Å². The fourth-order valence-electron chi connectivity index (χ4n) is 2.77. The molecule has 18 heavy (non-hydrogen) atoms. The number of amides is 1. The van der Waals surface area contributed by atoms with Crippen molar-refractivity contribution >= 4 is 5.91 Å². The highest BCUT2D eigenvalue weighted by atomic mass is 16.1. The van der Waals surface area contributed by atoms with Crippen LogP contribution in [0.2, 0.25) is 0 Å². The molecule has 0 aromatic rings. The van der Waals surface area contributed by atoms with Gasteiger partial charge in [0.05, 0.1) is 0 Å². The van der Waals surface area contributed by atoms with Crippen LogP contribution in [0.3, 0.4) is 0 Å². The van der Waals surface area contributed by atoms with Gasteiger partial charge < -0.3 is 11.1 Å². The van der Waals surface area contributed by atoms with E-state index < -0.39 is 0 Å². The van der Waals surface area contributed by atoms with Crippen LogP contribution in [0.1, 0.15) is 71.1 Å². The summed E-state index contributed by atoms with van der Waals surface area (Å²) >= 11 is 0. The molecule has 1 saturated carbocycles. The first kappa shape index (κ1) is 15.5. The normalized spacial score (nSPS) is 18.6. The van der Waals surface area contributed by atoms with Gasteiger partial charge in [0.15, 0.2) is 0 Å². The van der Waals surface area contributed by atoms with Gasteiger partial charge in [-0.3, -0.25) is 4.79 Å². The molecule has 0 atom stereocenters. The molecule has 3 heteroatoms. The molecule has 0 heterocycles. The third kappa shape index (κ3) is 6.39. The Kier molecular flexibility index (Phi) is 7.33. The third-order valence-corrected chi connectivity index (χ3v) is 4.13. The van der Waals surface area contributed by atoms with E-state index in [1.807, 2.05) is 0 Å². The summed E-state index contributed by atoms with van der Waals surface area (Å²) in [6.07, 6.45) is 11.6. The van der Waals surface area contributed by atoms with Crippen LogP contribution in [-0.4, -0.2) is 19.0 Å². The van der Waals surface area contributed by atoms with Gasteiger partial charge in [-0.1, -0.05) is 39.0 Å². The molecule has 0 aromatic carbocycles. The average Bonchev–Trinajstić information content (AvgIpc) is 2.37. The molecule has 3 N–H and O–H groups in total. The molecule has 0 aliphatic heterocycles. The van der Waals surface area contributed by atoms with Crippen molar-refractivity contribution in [3.05, 3.63) is 0 Å². The SMILES string of the molecule is CC1(CNC(=O)CCCCCCN)CCCCC1. The second-order valence-corrected chi connectivity index (χ2v) is 6.10. The first-order valence-electron chi connectivity index (χ1n) is 7.63. The Balaban J connectivity index is 2.05. The molecule has 1 aliphatic rings. The first-order chi connectivity index (χ1) is 8.66. The monoisotopic (exact) mass is 254 g/mol. The maximum Gasteiger partial charge on any atom is 0.220 e. The smallest absolute Gasteiger partial charge is 0.220 e. The Morgan fingerprint density at radius 2 is 1.78 bits per heavy atom. The second kappa shape index (κ2) is 8.52. The van der Waals surface area contributed by atoms with E-state index in [9.17, 15) is 4.79 Å². The van der Waals surface area contributed by atoms with Gasteiger partial charge in [-0.05, 0) is 37.6 Å². The van der Waals surface area contributed by atoms with Crippen molar-refractivity contribution in [1.29, 1.82) is 0 Å². The van der Waals surface area contributed by atoms with Gasteiger partial charge >= 0.3 is 0 Å². The Hall–Kier alpha value is -0.570. The predicted molar refractivity (Wildman–Crippen MR) is 76.3 cm³/mol. The summed E-state index contributed by atoms with van der Waals surface area (Å²) < 4.78 is 0. The molecule has 1 aliphatic carbocycles. The lowest BCUT2D eigenvalue weighted by Crippen LogP contribution is -2.36. The third-order valence-electron chi connectivity index (χ3n) is 4.13. The fourth-order valence-corrected chi connectivity index (χ4v) is 2.77. The molecule has 0 spiro atoms. The lowest BCUT2D eigenvalue weighted by molar-refractivity contribution is -0.121. The summed E-state index contributed by atoms with van der Waals surface area (Å²) in [5, 5.41) is 3.12. The van der Waals surface area contributed by atoms with Crippen LogP contribution in [0.25, 0.3) is 0 Å². The van der Waals surface area contributed by atoms with E-state index in [1.54, 1.807) is 0 Å². The minimum absolute atomic E-state index is 0.231. The highest BCUT2D eigenvalue weighted by Crippen LogP contribution is 2.34. The molecule has 0 aromatic heterocycles. The van der Waals surface area contributed by atoms with Crippen LogP contribution in [0, 0.1) is 5.41 Å². The van der Waals surface area contributed by atoms with Crippen molar-refractivity contribution in [3.63, 3.8) is 0 Å². The highest BCUT2D eigenvalue weighted by molar-refractivity contribution is 5.75. The van der Waals surface area contributed by atoms with Crippen LogP contribution < -0.4 is 11.1 Å². The van der Waals surface area contributed by atoms with Gasteiger partial charge in [-0.15, -0.1) is 0 Å². The van der Waals surface area contributed by atoms with E-state index in [0.29, 0.717) is 11.8 Å². The highest BCUT2D eigenvalue weighted by Gasteiger charge is 2.26. The lowest BCUT2D eigenvalue weighted by atomic mass is 9.76. The number of carbonyl (C=O) groups is 1. The van der Waals surface area contributed by atoms with E-state index >= 15 is 0 Å². The molecule has 3 nitrogen and oxygen atoms in total. The number of rotatable bonds is 8. The number of hydrogen-bond donors (Lipinski definition) is 2. The molecular weight excluding hydrogens is 224 g/mol. The van der Waals surface area contributed by atoms with Crippen molar-refractivity contribution in [2.75, 3.05) is 13.1 Å². The van der Waals surface area contributed by atoms with E-state index in [1.165, 1.54) is 32.1 Å². The molecule has 1 fully saturated rings. The van der Waals surface area contributed by atoms with E-state index in [4.69, 9.17) is 5.73 Å². The number of unbranched alkanes of at least 4 members (excludes halogenated alkanes) is 3. The summed E-state index contributed by atoms with van der Waals surface area (Å²) in [5.41, 5.74) is 5.79. The van der Waals surface area contributed by atoms with E-state index in [0.717, 1.165) is 38.8 Å². The van der Waals surface area contributed by atoms with Gasteiger partial charge in [0, 0.05) is 13.0 Å². The quantitative estimate of drug-likeness (QED) is 0.654. The molecule has 0 saturated heterocycles. The van der Waals surface area contributed by atoms with Crippen LogP contribution in [0.4, 0.5) is 0 Å². The van der Waals surface area contributed by atoms with E-state index in [-0.39, 0.29) is 5.91 Å². The van der Waals surface area contributed by atoms with Gasteiger partial charge in [0.25, 0.3) is 0 Å². The standard InChI is InChI=1S/C15H30N2O/c1-15(10-6-4-7-11-15)13-17-14(18)9-5-2-3-8-12-16/h2-13,16H2,1H3,(H,17,18). The zero-order valence-electron chi connectivity index (χ0n) is 12.0. The molecule has 0 unspecified atom stereocenters. The fraction of sp³-hybridized carbons (Fsp3) is 0.933. The van der Waals surface area contributed by atoms with Gasteiger partial charge in [-0.2, -0.15) is 0 Å². The van der Waals surface area contributed by atoms with Crippen molar-refractivity contribution in [2.45, 2.75) is 71.1 Å². The summed E-state index contributed by atoms with van der Waals surface area (Å²) in [6.45, 7) is 3.95. The van der Waals surface area contributed by atoms with Crippen molar-refractivity contribution in [2.24, 2.45) is 11.1 Å². The Bertz CT molecular complexity index is 235. The zero-order valence-corrected chi connectivity index (χ0v) is 12.0. The van der Waals surface area contributed by atoms with Crippen molar-refractivity contribution in [1.82, 2.24) is 5.32 Å². The number of carbonyl (C=O) groups excluding carboxylic acids is 1. The first-order valence-corrected chi connectivity index (χ1v) is 7.63. The molecule has 1 rings (SSSR count). The largest absolute Gasteiger partial charge is 0.356 e. The molecular formula is C15H30N2O. The Morgan fingerprint density at radius 1 is 1.11 bits per heavy atom. The molecule has 0 radical (unpaired) electrons. The maximum absolute atomic E-state index is 11.7. The van der Waals surface area contributed by atoms with Gasteiger partial charge in [-0.25, -0.2) is 0 Å². The Morgan fingerprint density at radius 3 is 2.44 bits per heavy atom.